The average molecular weight is 267 g/mol. The Labute approximate surface area is 114 Å². The number of aromatic nitrogens is 1. The van der Waals surface area contributed by atoms with Crippen LogP contribution >= 0.6 is 0 Å². The van der Waals surface area contributed by atoms with E-state index in [2.05, 4.69) is 15.2 Å². The molecule has 0 spiro atoms. The number of hydrogen-bond acceptors (Lipinski definition) is 4. The molecule has 1 aliphatic carbocycles. The van der Waals surface area contributed by atoms with Crippen molar-refractivity contribution in [1.29, 1.82) is 0 Å². The van der Waals surface area contributed by atoms with Gasteiger partial charge in [0.1, 0.15) is 11.6 Å². The minimum absolute atomic E-state index is 0.276. The van der Waals surface area contributed by atoms with Gasteiger partial charge in [-0.25, -0.2) is 9.37 Å². The average Bonchev–Trinajstić information content (AvgIpc) is 3.20. The number of hydrogen-bond donors (Lipinski definition) is 1. The van der Waals surface area contributed by atoms with E-state index in [9.17, 15) is 4.39 Å². The van der Waals surface area contributed by atoms with Crippen molar-refractivity contribution < 1.29 is 9.13 Å². The number of ether oxygens (including phenoxy) is 1. The van der Waals surface area contributed by atoms with Crippen molar-refractivity contribution in [3.63, 3.8) is 0 Å². The maximum absolute atomic E-state index is 13.3. The molecule has 0 aromatic carbocycles. The Bertz CT molecular complexity index is 410. The van der Waals surface area contributed by atoms with Crippen LogP contribution in [0.4, 0.5) is 10.2 Å². The summed E-state index contributed by atoms with van der Waals surface area (Å²) in [7, 11) is 3.68. The van der Waals surface area contributed by atoms with Crippen LogP contribution in [-0.4, -0.2) is 38.3 Å². The molecule has 0 saturated heterocycles. The summed E-state index contributed by atoms with van der Waals surface area (Å²) >= 11 is 0. The zero-order valence-corrected chi connectivity index (χ0v) is 11.7. The fourth-order valence-corrected chi connectivity index (χ4v) is 2.04. The van der Waals surface area contributed by atoms with Crippen molar-refractivity contribution in [2.75, 3.05) is 32.2 Å². The molecule has 1 heterocycles. The van der Waals surface area contributed by atoms with Gasteiger partial charge in [-0.3, -0.25) is 0 Å². The van der Waals surface area contributed by atoms with E-state index in [-0.39, 0.29) is 5.82 Å². The van der Waals surface area contributed by atoms with Crippen LogP contribution < -0.4 is 10.2 Å². The smallest absolute Gasteiger partial charge is 0.141 e. The van der Waals surface area contributed by atoms with Gasteiger partial charge in [0.05, 0.1) is 6.20 Å². The van der Waals surface area contributed by atoms with Gasteiger partial charge in [-0.05, 0) is 25.3 Å². The third kappa shape index (κ3) is 4.44. The molecule has 1 aromatic rings. The summed E-state index contributed by atoms with van der Waals surface area (Å²) in [6.07, 6.45) is 4.66. The van der Waals surface area contributed by atoms with Crippen molar-refractivity contribution in [1.82, 2.24) is 10.3 Å². The molecule has 1 saturated carbocycles. The largest absolute Gasteiger partial charge is 0.385 e. The number of nitrogens with one attached hydrogen (secondary N) is 1. The number of nitrogens with zero attached hydrogens (tertiary/aromatic N) is 2. The molecule has 1 N–H and O–H groups in total. The van der Waals surface area contributed by atoms with E-state index < -0.39 is 0 Å². The third-order valence-electron chi connectivity index (χ3n) is 3.27. The van der Waals surface area contributed by atoms with Gasteiger partial charge in [-0.2, -0.15) is 0 Å². The normalized spacial score (nSPS) is 14.7. The van der Waals surface area contributed by atoms with E-state index in [4.69, 9.17) is 4.74 Å². The van der Waals surface area contributed by atoms with E-state index in [1.54, 1.807) is 13.2 Å². The molecular weight excluding hydrogens is 245 g/mol. The Kier molecular flexibility index (Phi) is 5.10. The van der Waals surface area contributed by atoms with Crippen molar-refractivity contribution >= 4 is 5.82 Å². The molecular formula is C14H22FN3O. The Morgan fingerprint density at radius 3 is 3.00 bits per heavy atom. The highest BCUT2D eigenvalue weighted by molar-refractivity contribution is 5.46. The van der Waals surface area contributed by atoms with Gasteiger partial charge in [0.2, 0.25) is 0 Å². The molecule has 5 heteroatoms. The fraction of sp³-hybridized carbons (Fsp3) is 0.643. The summed E-state index contributed by atoms with van der Waals surface area (Å²) < 4.78 is 18.4. The van der Waals surface area contributed by atoms with Crippen LogP contribution in [0.5, 0.6) is 0 Å². The molecule has 106 valence electrons. The van der Waals surface area contributed by atoms with Crippen molar-refractivity contribution in [3.05, 3.63) is 23.6 Å². The first-order chi connectivity index (χ1) is 9.20. The topological polar surface area (TPSA) is 37.4 Å². The monoisotopic (exact) mass is 267 g/mol. The van der Waals surface area contributed by atoms with E-state index >= 15 is 0 Å². The van der Waals surface area contributed by atoms with Crippen LogP contribution in [0.25, 0.3) is 0 Å². The van der Waals surface area contributed by atoms with Crippen LogP contribution in [0.2, 0.25) is 0 Å². The van der Waals surface area contributed by atoms with Gasteiger partial charge < -0.3 is 15.0 Å². The summed E-state index contributed by atoms with van der Waals surface area (Å²) in [6.45, 7) is 2.25. The second-order valence-corrected chi connectivity index (χ2v) is 5.06. The second kappa shape index (κ2) is 6.82. The number of methoxy groups -OCH3 is 1. The third-order valence-corrected chi connectivity index (χ3v) is 3.27. The van der Waals surface area contributed by atoms with Gasteiger partial charge >= 0.3 is 0 Å². The molecule has 0 radical (unpaired) electrons. The molecule has 1 aliphatic rings. The predicted octanol–water partition coefficient (Wildman–Crippen LogP) is 1.95. The zero-order chi connectivity index (χ0) is 13.7. The van der Waals surface area contributed by atoms with Gasteiger partial charge in [-0.15, -0.1) is 0 Å². The van der Waals surface area contributed by atoms with Crippen LogP contribution in [0.15, 0.2) is 12.3 Å². The van der Waals surface area contributed by atoms with Gasteiger partial charge in [0.15, 0.2) is 0 Å². The van der Waals surface area contributed by atoms with Crippen LogP contribution in [0.1, 0.15) is 24.8 Å². The van der Waals surface area contributed by atoms with Crippen LogP contribution in [0, 0.1) is 5.82 Å². The number of rotatable bonds is 8. The SMILES string of the molecule is COCCCN(C)c1ncc(F)cc1CNC1CC1. The highest BCUT2D eigenvalue weighted by Gasteiger charge is 2.21. The second-order valence-electron chi connectivity index (χ2n) is 5.06. The fourth-order valence-electron chi connectivity index (χ4n) is 2.04. The van der Waals surface area contributed by atoms with E-state index in [0.717, 1.165) is 31.0 Å². The number of pyridine rings is 1. The summed E-state index contributed by atoms with van der Waals surface area (Å²) in [5.74, 6) is 0.576. The van der Waals surface area contributed by atoms with Gasteiger partial charge in [0, 0.05) is 45.5 Å². The highest BCUT2D eigenvalue weighted by atomic mass is 19.1. The molecule has 19 heavy (non-hydrogen) atoms. The van der Waals surface area contributed by atoms with Crippen molar-refractivity contribution in [2.45, 2.75) is 31.8 Å². The Morgan fingerprint density at radius 1 is 1.53 bits per heavy atom. The molecule has 0 aliphatic heterocycles. The van der Waals surface area contributed by atoms with Crippen molar-refractivity contribution in [2.24, 2.45) is 0 Å². The maximum atomic E-state index is 13.3. The predicted molar refractivity (Wildman–Crippen MR) is 73.8 cm³/mol. The first kappa shape index (κ1) is 14.2. The van der Waals surface area contributed by atoms with Crippen molar-refractivity contribution in [3.8, 4) is 0 Å². The summed E-state index contributed by atoms with van der Waals surface area (Å²) in [5.41, 5.74) is 0.923. The summed E-state index contributed by atoms with van der Waals surface area (Å²) in [6, 6.07) is 2.18. The lowest BCUT2D eigenvalue weighted by Gasteiger charge is -2.21. The first-order valence-electron chi connectivity index (χ1n) is 6.78. The lowest BCUT2D eigenvalue weighted by Crippen LogP contribution is -2.24. The molecule has 4 nitrogen and oxygen atoms in total. The Hall–Kier alpha value is -1.20. The van der Waals surface area contributed by atoms with E-state index in [1.165, 1.54) is 19.0 Å². The molecule has 0 amide bonds. The number of anilines is 1. The minimum Gasteiger partial charge on any atom is -0.385 e. The quantitative estimate of drug-likeness (QED) is 0.731. The summed E-state index contributed by atoms with van der Waals surface area (Å²) in [5, 5.41) is 3.40. The first-order valence-corrected chi connectivity index (χ1v) is 6.78. The van der Waals surface area contributed by atoms with Gasteiger partial charge in [0.25, 0.3) is 0 Å². The molecule has 1 aromatic heterocycles. The number of halogens is 1. The Morgan fingerprint density at radius 2 is 2.32 bits per heavy atom. The lowest BCUT2D eigenvalue weighted by molar-refractivity contribution is 0.196. The minimum atomic E-state index is -0.276. The maximum Gasteiger partial charge on any atom is 0.141 e. The Balaban J connectivity index is 1.99. The van der Waals surface area contributed by atoms with Crippen LogP contribution in [-0.2, 0) is 11.3 Å². The molecule has 0 atom stereocenters. The molecule has 0 unspecified atom stereocenters. The lowest BCUT2D eigenvalue weighted by atomic mass is 10.2. The van der Waals surface area contributed by atoms with E-state index in [1.807, 2.05) is 7.05 Å². The van der Waals surface area contributed by atoms with Crippen LogP contribution in [0.3, 0.4) is 0 Å². The summed E-state index contributed by atoms with van der Waals surface area (Å²) in [4.78, 5) is 6.28. The molecule has 2 rings (SSSR count). The molecule has 0 bridgehead atoms. The van der Waals surface area contributed by atoms with Gasteiger partial charge in [-0.1, -0.05) is 0 Å². The highest BCUT2D eigenvalue weighted by Crippen LogP contribution is 2.22. The zero-order valence-electron chi connectivity index (χ0n) is 11.7. The standard InChI is InChI=1S/C14H22FN3O/c1-18(6-3-7-19-2)14-11(8-12(15)10-17-14)9-16-13-4-5-13/h8,10,13,16H,3-7,9H2,1-2H3. The molecule has 1 fully saturated rings. The van der Waals surface area contributed by atoms with E-state index in [0.29, 0.717) is 12.6 Å².